The molecule has 1 N–H and O–H groups in total. The van der Waals surface area contributed by atoms with Gasteiger partial charge in [-0.05, 0) is 55.2 Å². The summed E-state index contributed by atoms with van der Waals surface area (Å²) in [5, 5.41) is 3.84. The van der Waals surface area contributed by atoms with Crippen molar-refractivity contribution in [2.24, 2.45) is 0 Å². The molecule has 218 valence electrons. The topological polar surface area (TPSA) is 86.8 Å². The standard InChI is InChI=1S/C31H35Cl2N3O4S/c1-22-12-15-26(16-13-22)36(41(2,39)40)21-30(37)35(20-24-14-17-27(32)28(33)18-24)29(19-23-8-4-3-5-9-23)31(38)34-25-10-6-7-11-25/h3-5,8-9,12-18,25,29H,6-7,10-11,19-21H2,1-2H3,(H,34,38)/t29-/m1/s1. The Morgan fingerprint density at radius 2 is 1.59 bits per heavy atom. The molecule has 0 unspecified atom stereocenters. The van der Waals surface area contributed by atoms with Gasteiger partial charge in [0.05, 0.1) is 22.0 Å². The second-order valence-corrected chi connectivity index (χ2v) is 13.3. The number of carbonyl (C=O) groups excluding carboxylic acids is 2. The number of carbonyl (C=O) groups is 2. The molecule has 1 atom stereocenters. The monoisotopic (exact) mass is 615 g/mol. The van der Waals surface area contributed by atoms with Crippen LogP contribution in [0.1, 0.15) is 42.4 Å². The Kier molecular flexibility index (Phi) is 10.3. The van der Waals surface area contributed by atoms with Crippen molar-refractivity contribution in [2.75, 3.05) is 17.1 Å². The van der Waals surface area contributed by atoms with Crippen molar-refractivity contribution in [2.45, 2.75) is 57.7 Å². The lowest BCUT2D eigenvalue weighted by Crippen LogP contribution is -2.54. The van der Waals surface area contributed by atoms with Crippen LogP contribution in [0.5, 0.6) is 0 Å². The summed E-state index contributed by atoms with van der Waals surface area (Å²) >= 11 is 12.4. The number of rotatable bonds is 11. The number of aryl methyl sites for hydroxylation is 1. The molecule has 1 saturated carbocycles. The molecule has 0 bridgehead atoms. The molecule has 0 heterocycles. The Hall–Kier alpha value is -3.07. The van der Waals surface area contributed by atoms with Crippen LogP contribution in [0.3, 0.4) is 0 Å². The van der Waals surface area contributed by atoms with E-state index in [2.05, 4.69) is 5.32 Å². The smallest absolute Gasteiger partial charge is 0.244 e. The van der Waals surface area contributed by atoms with Gasteiger partial charge in [-0.25, -0.2) is 8.42 Å². The van der Waals surface area contributed by atoms with Crippen LogP contribution in [-0.2, 0) is 32.6 Å². The molecular formula is C31H35Cl2N3O4S. The van der Waals surface area contributed by atoms with Crippen LogP contribution in [0.2, 0.25) is 10.0 Å². The molecule has 0 saturated heterocycles. The highest BCUT2D eigenvalue weighted by Gasteiger charge is 2.34. The summed E-state index contributed by atoms with van der Waals surface area (Å²) in [4.78, 5) is 29.5. The summed E-state index contributed by atoms with van der Waals surface area (Å²) in [6, 6.07) is 20.6. The van der Waals surface area contributed by atoms with Gasteiger partial charge in [-0.3, -0.25) is 13.9 Å². The number of benzene rings is 3. The highest BCUT2D eigenvalue weighted by molar-refractivity contribution is 7.92. The maximum atomic E-state index is 14.2. The summed E-state index contributed by atoms with van der Waals surface area (Å²) in [6.07, 6.45) is 5.19. The minimum absolute atomic E-state index is 0.0385. The lowest BCUT2D eigenvalue weighted by Gasteiger charge is -2.34. The summed E-state index contributed by atoms with van der Waals surface area (Å²) < 4.78 is 26.8. The molecular weight excluding hydrogens is 581 g/mol. The third kappa shape index (κ3) is 8.47. The highest BCUT2D eigenvalue weighted by atomic mass is 35.5. The summed E-state index contributed by atoms with van der Waals surface area (Å²) in [7, 11) is -3.82. The van der Waals surface area contributed by atoms with E-state index in [-0.39, 0.29) is 24.9 Å². The number of nitrogens with zero attached hydrogens (tertiary/aromatic N) is 2. The minimum atomic E-state index is -3.82. The number of halogens is 2. The normalized spacial score (nSPS) is 14.4. The van der Waals surface area contributed by atoms with Gasteiger partial charge >= 0.3 is 0 Å². The molecule has 4 rings (SSSR count). The third-order valence-corrected chi connectivity index (χ3v) is 9.19. The van der Waals surface area contributed by atoms with Gasteiger partial charge in [-0.15, -0.1) is 0 Å². The second-order valence-electron chi connectivity index (χ2n) is 10.6. The molecule has 0 radical (unpaired) electrons. The number of nitrogens with one attached hydrogen (secondary N) is 1. The molecule has 0 spiro atoms. The lowest BCUT2D eigenvalue weighted by molar-refractivity contribution is -0.140. The molecule has 2 amide bonds. The van der Waals surface area contributed by atoms with Gasteiger partial charge in [-0.2, -0.15) is 0 Å². The second kappa shape index (κ2) is 13.7. The van der Waals surface area contributed by atoms with Crippen LogP contribution in [0.25, 0.3) is 0 Å². The van der Waals surface area contributed by atoms with Crippen molar-refractivity contribution >= 4 is 50.7 Å². The molecule has 1 aliphatic carbocycles. The van der Waals surface area contributed by atoms with Gasteiger partial charge < -0.3 is 10.2 Å². The summed E-state index contributed by atoms with van der Waals surface area (Å²) in [5.74, 6) is -0.778. The van der Waals surface area contributed by atoms with E-state index in [0.29, 0.717) is 21.3 Å². The number of anilines is 1. The van der Waals surface area contributed by atoms with E-state index in [9.17, 15) is 18.0 Å². The van der Waals surface area contributed by atoms with Crippen molar-refractivity contribution in [1.29, 1.82) is 0 Å². The Morgan fingerprint density at radius 1 is 0.927 bits per heavy atom. The fraction of sp³-hybridized carbons (Fsp3) is 0.355. The van der Waals surface area contributed by atoms with E-state index >= 15 is 0 Å². The fourth-order valence-electron chi connectivity index (χ4n) is 5.08. The largest absolute Gasteiger partial charge is 0.352 e. The summed E-state index contributed by atoms with van der Waals surface area (Å²) in [6.45, 7) is 1.47. The van der Waals surface area contributed by atoms with Crippen LogP contribution < -0.4 is 9.62 Å². The lowest BCUT2D eigenvalue weighted by atomic mass is 10.0. The first-order chi connectivity index (χ1) is 19.5. The zero-order valence-corrected chi connectivity index (χ0v) is 25.6. The Labute approximate surface area is 252 Å². The van der Waals surface area contributed by atoms with Gasteiger partial charge in [0.1, 0.15) is 12.6 Å². The molecule has 0 aromatic heterocycles. The number of amides is 2. The molecule has 41 heavy (non-hydrogen) atoms. The van der Waals surface area contributed by atoms with Crippen molar-refractivity contribution < 1.29 is 18.0 Å². The van der Waals surface area contributed by atoms with E-state index in [1.54, 1.807) is 42.5 Å². The average Bonchev–Trinajstić information content (AvgIpc) is 3.44. The molecule has 1 fully saturated rings. The van der Waals surface area contributed by atoms with Crippen LogP contribution in [0.4, 0.5) is 5.69 Å². The number of hydrogen-bond acceptors (Lipinski definition) is 4. The minimum Gasteiger partial charge on any atom is -0.352 e. The Morgan fingerprint density at radius 3 is 2.20 bits per heavy atom. The first kappa shape index (κ1) is 30.9. The van der Waals surface area contributed by atoms with Crippen molar-refractivity contribution in [1.82, 2.24) is 10.2 Å². The Bertz CT molecular complexity index is 1460. The van der Waals surface area contributed by atoms with Gasteiger partial charge in [0.25, 0.3) is 0 Å². The zero-order chi connectivity index (χ0) is 29.6. The van der Waals surface area contributed by atoms with Gasteiger partial charge in [-0.1, -0.05) is 90.1 Å². The maximum absolute atomic E-state index is 14.2. The van der Waals surface area contributed by atoms with Crippen LogP contribution in [0.15, 0.2) is 72.8 Å². The maximum Gasteiger partial charge on any atom is 0.244 e. The number of sulfonamides is 1. The SMILES string of the molecule is Cc1ccc(N(CC(=O)N(Cc2ccc(Cl)c(Cl)c2)[C@H](Cc2ccccc2)C(=O)NC2CCCC2)S(C)(=O)=O)cc1. The van der Waals surface area contributed by atoms with Gasteiger partial charge in [0.15, 0.2) is 0 Å². The van der Waals surface area contributed by atoms with E-state index in [1.165, 1.54) is 4.90 Å². The van der Waals surface area contributed by atoms with Crippen LogP contribution in [0, 0.1) is 6.92 Å². The van der Waals surface area contributed by atoms with Crippen molar-refractivity contribution in [3.8, 4) is 0 Å². The third-order valence-electron chi connectivity index (χ3n) is 7.31. The van der Waals surface area contributed by atoms with E-state index in [4.69, 9.17) is 23.2 Å². The Balaban J connectivity index is 1.73. The van der Waals surface area contributed by atoms with Gasteiger partial charge in [0.2, 0.25) is 21.8 Å². The highest BCUT2D eigenvalue weighted by Crippen LogP contribution is 2.26. The molecule has 7 nitrogen and oxygen atoms in total. The fourth-order valence-corrected chi connectivity index (χ4v) is 6.25. The predicted octanol–water partition coefficient (Wildman–Crippen LogP) is 5.77. The van der Waals surface area contributed by atoms with Gasteiger partial charge in [0, 0.05) is 19.0 Å². The van der Waals surface area contributed by atoms with E-state index in [0.717, 1.165) is 47.4 Å². The first-order valence-electron chi connectivity index (χ1n) is 13.6. The average molecular weight is 617 g/mol. The quantitative estimate of drug-likeness (QED) is 0.297. The predicted molar refractivity (Wildman–Crippen MR) is 165 cm³/mol. The zero-order valence-electron chi connectivity index (χ0n) is 23.2. The molecule has 3 aromatic rings. The summed E-state index contributed by atoms with van der Waals surface area (Å²) in [5.41, 5.74) is 2.88. The number of hydrogen-bond donors (Lipinski definition) is 1. The molecule has 1 aliphatic rings. The molecule has 10 heteroatoms. The van der Waals surface area contributed by atoms with Crippen molar-refractivity contribution in [3.05, 3.63) is 99.5 Å². The molecule has 0 aliphatic heterocycles. The van der Waals surface area contributed by atoms with Crippen LogP contribution in [-0.4, -0.2) is 50.0 Å². The molecule has 3 aromatic carbocycles. The van der Waals surface area contributed by atoms with Crippen molar-refractivity contribution in [3.63, 3.8) is 0 Å². The van der Waals surface area contributed by atoms with E-state index < -0.39 is 28.5 Å². The first-order valence-corrected chi connectivity index (χ1v) is 16.2. The van der Waals surface area contributed by atoms with Crippen LogP contribution >= 0.6 is 23.2 Å². The van der Waals surface area contributed by atoms with E-state index in [1.807, 2.05) is 37.3 Å².